The number of benzene rings is 2. The predicted molar refractivity (Wildman–Crippen MR) is 131 cm³/mol. The van der Waals surface area contributed by atoms with Crippen molar-refractivity contribution in [2.75, 3.05) is 13.2 Å². The molecular formula is C28H32N2O5. The fourth-order valence-corrected chi connectivity index (χ4v) is 5.73. The number of rotatable bonds is 9. The van der Waals surface area contributed by atoms with Gasteiger partial charge < -0.3 is 20.5 Å². The molecule has 0 spiro atoms. The quantitative estimate of drug-likeness (QED) is 0.496. The van der Waals surface area contributed by atoms with Crippen molar-refractivity contribution < 1.29 is 24.2 Å². The number of hydrogen-bond donors (Lipinski definition) is 3. The number of carbonyl (C=O) groups is 3. The summed E-state index contributed by atoms with van der Waals surface area (Å²) in [4.78, 5) is 36.9. The third-order valence-corrected chi connectivity index (χ3v) is 7.93. The Labute approximate surface area is 205 Å². The molecule has 0 saturated heterocycles. The second kappa shape index (κ2) is 9.72. The average molecular weight is 477 g/mol. The van der Waals surface area contributed by atoms with Crippen LogP contribution in [0.4, 0.5) is 4.79 Å². The van der Waals surface area contributed by atoms with Gasteiger partial charge in [0, 0.05) is 18.5 Å². The van der Waals surface area contributed by atoms with E-state index in [0.29, 0.717) is 12.8 Å². The summed E-state index contributed by atoms with van der Waals surface area (Å²) in [6.07, 6.45) is 4.79. The topological polar surface area (TPSA) is 105 Å². The van der Waals surface area contributed by atoms with Crippen LogP contribution in [0.1, 0.15) is 62.0 Å². The summed E-state index contributed by atoms with van der Waals surface area (Å²) in [5.74, 6) is -0.867. The summed E-state index contributed by atoms with van der Waals surface area (Å²) in [5.41, 5.74) is 3.97. The Morgan fingerprint density at radius 3 is 2.14 bits per heavy atom. The van der Waals surface area contributed by atoms with Crippen molar-refractivity contribution in [3.05, 3.63) is 59.7 Å². The standard InChI is InChI=1S/C28H32N2O5/c31-25(32)15-24(18-7-1-2-8-18)30-26(33)28(13-14-28)17-29-27(34)35-16-23-21-11-5-3-9-19(21)20-10-4-6-12-22(20)23/h3-6,9-12,18,23-24H,1-2,7-8,13-17H2,(H,29,34)(H,30,33)(H,31,32). The number of nitrogens with one attached hydrogen (secondary N) is 2. The molecule has 2 amide bonds. The van der Waals surface area contributed by atoms with E-state index in [1.807, 2.05) is 24.3 Å². The SMILES string of the molecule is O=C(O)CC(NC(=O)C1(CNC(=O)OCC2c3ccccc3-c3ccccc32)CC1)C1CCCC1. The van der Waals surface area contributed by atoms with Gasteiger partial charge in [0.25, 0.3) is 0 Å². The Hall–Kier alpha value is -3.35. The third kappa shape index (κ3) is 4.90. The molecule has 184 valence electrons. The van der Waals surface area contributed by atoms with Crippen molar-refractivity contribution in [2.24, 2.45) is 11.3 Å². The van der Waals surface area contributed by atoms with Gasteiger partial charge in [-0.15, -0.1) is 0 Å². The summed E-state index contributed by atoms with van der Waals surface area (Å²) in [7, 11) is 0. The molecule has 0 radical (unpaired) electrons. The zero-order valence-corrected chi connectivity index (χ0v) is 19.8. The smallest absolute Gasteiger partial charge is 0.407 e. The second-order valence-corrected chi connectivity index (χ2v) is 10.2. The number of hydrogen-bond acceptors (Lipinski definition) is 4. The van der Waals surface area contributed by atoms with Gasteiger partial charge in [-0.05, 0) is 53.9 Å². The van der Waals surface area contributed by atoms with Crippen LogP contribution < -0.4 is 10.6 Å². The maximum atomic E-state index is 13.0. The average Bonchev–Trinajstić information content (AvgIpc) is 3.32. The zero-order chi connectivity index (χ0) is 24.4. The number of carboxylic acids is 1. The van der Waals surface area contributed by atoms with Crippen molar-refractivity contribution in [2.45, 2.75) is 56.9 Å². The summed E-state index contributed by atoms with van der Waals surface area (Å²) >= 11 is 0. The minimum absolute atomic E-state index is 0.0190. The van der Waals surface area contributed by atoms with Gasteiger partial charge in [0.15, 0.2) is 0 Å². The first kappa shape index (κ1) is 23.4. The second-order valence-electron chi connectivity index (χ2n) is 10.2. The van der Waals surface area contributed by atoms with Crippen molar-refractivity contribution in [1.29, 1.82) is 0 Å². The lowest BCUT2D eigenvalue weighted by atomic mass is 9.94. The number of amides is 2. The van der Waals surface area contributed by atoms with Crippen LogP contribution in [0.2, 0.25) is 0 Å². The molecule has 1 atom stereocenters. The molecule has 1 unspecified atom stereocenters. The van der Waals surface area contributed by atoms with Crippen LogP contribution in [0.25, 0.3) is 11.1 Å². The molecular weight excluding hydrogens is 444 g/mol. The van der Waals surface area contributed by atoms with Crippen molar-refractivity contribution in [3.63, 3.8) is 0 Å². The lowest BCUT2D eigenvalue weighted by Gasteiger charge is -2.26. The minimum atomic E-state index is -0.899. The molecule has 2 saturated carbocycles. The zero-order valence-electron chi connectivity index (χ0n) is 19.8. The number of alkyl carbamates (subject to hydrolysis) is 1. The van der Waals surface area contributed by atoms with Gasteiger partial charge in [-0.1, -0.05) is 61.4 Å². The first-order valence-corrected chi connectivity index (χ1v) is 12.6. The molecule has 0 heterocycles. The Morgan fingerprint density at radius 2 is 1.57 bits per heavy atom. The van der Waals surface area contributed by atoms with Crippen molar-refractivity contribution in [3.8, 4) is 11.1 Å². The van der Waals surface area contributed by atoms with Crippen LogP contribution in [0.3, 0.4) is 0 Å². The van der Waals surface area contributed by atoms with Crippen LogP contribution in [-0.4, -0.2) is 42.3 Å². The van der Waals surface area contributed by atoms with Gasteiger partial charge in [-0.2, -0.15) is 0 Å². The summed E-state index contributed by atoms with van der Waals surface area (Å²) in [6, 6.07) is 16.0. The third-order valence-electron chi connectivity index (χ3n) is 7.93. The van der Waals surface area contributed by atoms with Gasteiger partial charge in [0.2, 0.25) is 5.91 Å². The highest BCUT2D eigenvalue weighted by molar-refractivity contribution is 5.87. The van der Waals surface area contributed by atoms with E-state index in [4.69, 9.17) is 4.74 Å². The first-order valence-electron chi connectivity index (χ1n) is 12.6. The van der Waals surface area contributed by atoms with Crippen LogP contribution in [0, 0.1) is 11.3 Å². The molecule has 0 bridgehead atoms. The lowest BCUT2D eigenvalue weighted by Crippen LogP contribution is -2.47. The molecule has 7 heteroatoms. The molecule has 5 rings (SSSR count). The van der Waals surface area contributed by atoms with Crippen molar-refractivity contribution >= 4 is 18.0 Å². The number of aliphatic carboxylic acids is 1. The van der Waals surface area contributed by atoms with E-state index in [9.17, 15) is 19.5 Å². The van der Waals surface area contributed by atoms with E-state index in [-0.39, 0.29) is 43.4 Å². The fraction of sp³-hybridized carbons (Fsp3) is 0.464. The molecule has 3 aliphatic rings. The number of fused-ring (bicyclic) bond motifs is 3. The molecule has 2 aromatic rings. The van der Waals surface area contributed by atoms with E-state index < -0.39 is 17.5 Å². The molecule has 0 aliphatic heterocycles. The molecule has 2 aromatic carbocycles. The van der Waals surface area contributed by atoms with E-state index >= 15 is 0 Å². The van der Waals surface area contributed by atoms with E-state index in [2.05, 4.69) is 34.9 Å². The van der Waals surface area contributed by atoms with Crippen molar-refractivity contribution in [1.82, 2.24) is 10.6 Å². The molecule has 2 fully saturated rings. The largest absolute Gasteiger partial charge is 0.481 e. The molecule has 3 N–H and O–H groups in total. The number of carbonyl (C=O) groups excluding carboxylic acids is 2. The van der Waals surface area contributed by atoms with E-state index in [1.165, 1.54) is 11.1 Å². The van der Waals surface area contributed by atoms with Crippen LogP contribution >= 0.6 is 0 Å². The summed E-state index contributed by atoms with van der Waals surface area (Å²) < 4.78 is 5.60. The van der Waals surface area contributed by atoms with Gasteiger partial charge in [0.1, 0.15) is 6.61 Å². The maximum absolute atomic E-state index is 13.0. The maximum Gasteiger partial charge on any atom is 0.407 e. The summed E-state index contributed by atoms with van der Waals surface area (Å²) in [5, 5.41) is 15.1. The fourth-order valence-electron chi connectivity index (χ4n) is 5.73. The normalized spacial score (nSPS) is 18.9. The Kier molecular flexibility index (Phi) is 6.50. The first-order chi connectivity index (χ1) is 17.0. The van der Waals surface area contributed by atoms with Crippen LogP contribution in [0.15, 0.2) is 48.5 Å². The molecule has 3 aliphatic carbocycles. The van der Waals surface area contributed by atoms with Crippen LogP contribution in [-0.2, 0) is 14.3 Å². The van der Waals surface area contributed by atoms with E-state index in [0.717, 1.165) is 36.8 Å². The minimum Gasteiger partial charge on any atom is -0.481 e. The highest BCUT2D eigenvalue weighted by Crippen LogP contribution is 2.46. The highest BCUT2D eigenvalue weighted by atomic mass is 16.5. The molecule has 0 aromatic heterocycles. The number of ether oxygens (including phenoxy) is 1. The molecule has 35 heavy (non-hydrogen) atoms. The Morgan fingerprint density at radius 1 is 0.971 bits per heavy atom. The van der Waals surface area contributed by atoms with E-state index in [1.54, 1.807) is 0 Å². The van der Waals surface area contributed by atoms with Gasteiger partial charge in [0.05, 0.1) is 11.8 Å². The Bertz CT molecular complexity index is 1070. The molecule has 7 nitrogen and oxygen atoms in total. The van der Waals surface area contributed by atoms with Gasteiger partial charge >= 0.3 is 12.1 Å². The predicted octanol–water partition coefficient (Wildman–Crippen LogP) is 4.46. The summed E-state index contributed by atoms with van der Waals surface area (Å²) in [6.45, 7) is 0.418. The number of carboxylic acid groups (broad SMARTS) is 1. The Balaban J connectivity index is 1.16. The highest BCUT2D eigenvalue weighted by Gasteiger charge is 2.51. The van der Waals surface area contributed by atoms with Crippen LogP contribution in [0.5, 0.6) is 0 Å². The monoisotopic (exact) mass is 476 g/mol. The lowest BCUT2D eigenvalue weighted by molar-refractivity contribution is -0.138. The van der Waals surface area contributed by atoms with Gasteiger partial charge in [-0.3, -0.25) is 9.59 Å². The van der Waals surface area contributed by atoms with Gasteiger partial charge in [-0.25, -0.2) is 4.79 Å².